The van der Waals surface area contributed by atoms with E-state index in [9.17, 15) is 14.3 Å². The lowest BCUT2D eigenvalue weighted by Gasteiger charge is -2.59. The van der Waals surface area contributed by atoms with Gasteiger partial charge in [0.1, 0.15) is 5.82 Å². The molecule has 3 atom stereocenters. The zero-order valence-electron chi connectivity index (χ0n) is 17.2. The van der Waals surface area contributed by atoms with Crippen LogP contribution in [-0.4, -0.2) is 52.6 Å². The molecule has 0 spiro atoms. The number of carbonyl (C=O) groups excluding carboxylic acids is 1. The highest BCUT2D eigenvalue weighted by atomic mass is 19.1. The van der Waals surface area contributed by atoms with E-state index >= 15 is 0 Å². The van der Waals surface area contributed by atoms with Crippen LogP contribution in [0.25, 0.3) is 11.1 Å². The Balaban J connectivity index is 1.37. The predicted octanol–water partition coefficient (Wildman–Crippen LogP) is 3.66. The lowest BCUT2D eigenvalue weighted by molar-refractivity contribution is -0.162. The van der Waals surface area contributed by atoms with Crippen LogP contribution in [0.15, 0.2) is 78.9 Å². The van der Waals surface area contributed by atoms with Crippen LogP contribution in [0.1, 0.15) is 17.0 Å². The average molecular weight is 416 g/mol. The summed E-state index contributed by atoms with van der Waals surface area (Å²) < 4.78 is 14.1. The molecular formula is C26H25FN2O2. The molecule has 0 bridgehead atoms. The van der Waals surface area contributed by atoms with Gasteiger partial charge in [-0.2, -0.15) is 0 Å². The number of aliphatic hydroxyl groups excluding tert-OH is 1. The number of hydrogen-bond acceptors (Lipinski definition) is 3. The number of hydrogen-bond donors (Lipinski definition) is 1. The maximum Gasteiger partial charge on any atom is 0.237 e. The Morgan fingerprint density at radius 1 is 0.935 bits per heavy atom. The van der Waals surface area contributed by atoms with Crippen molar-refractivity contribution in [1.29, 1.82) is 0 Å². The summed E-state index contributed by atoms with van der Waals surface area (Å²) >= 11 is 0. The first-order valence-electron chi connectivity index (χ1n) is 10.7. The molecular weight excluding hydrogens is 391 g/mol. The molecule has 0 radical (unpaired) electrons. The van der Waals surface area contributed by atoms with Crippen LogP contribution < -0.4 is 0 Å². The summed E-state index contributed by atoms with van der Waals surface area (Å²) in [5, 5.41) is 9.99. The molecule has 0 unspecified atom stereocenters. The van der Waals surface area contributed by atoms with Gasteiger partial charge in [-0.05, 0) is 22.8 Å². The van der Waals surface area contributed by atoms with Gasteiger partial charge in [0.2, 0.25) is 5.91 Å². The minimum atomic E-state index is -0.243. The fourth-order valence-corrected chi connectivity index (χ4v) is 5.11. The molecule has 1 N–H and O–H groups in total. The van der Waals surface area contributed by atoms with Crippen LogP contribution in [0.4, 0.5) is 4.39 Å². The van der Waals surface area contributed by atoms with E-state index in [-0.39, 0.29) is 36.3 Å². The zero-order valence-corrected chi connectivity index (χ0v) is 17.2. The number of halogens is 1. The summed E-state index contributed by atoms with van der Waals surface area (Å²) in [5.74, 6) is -0.0969. The molecule has 31 heavy (non-hydrogen) atoms. The third-order valence-electron chi connectivity index (χ3n) is 6.55. The van der Waals surface area contributed by atoms with Crippen molar-refractivity contribution in [1.82, 2.24) is 9.80 Å². The molecule has 1 amide bonds. The van der Waals surface area contributed by atoms with Crippen molar-refractivity contribution in [3.05, 3.63) is 95.8 Å². The van der Waals surface area contributed by atoms with Crippen molar-refractivity contribution in [3.63, 3.8) is 0 Å². The predicted molar refractivity (Wildman–Crippen MR) is 118 cm³/mol. The van der Waals surface area contributed by atoms with Gasteiger partial charge >= 0.3 is 0 Å². The zero-order chi connectivity index (χ0) is 21.4. The number of benzene rings is 3. The SMILES string of the molecule is O=C1CN(Cc2ccccc2)C[C@@H]2[C@H](c3ccc(-c4ccccc4F)cc3)[C@@H](CO)N12. The number of fused-ring (bicyclic) bond motifs is 1. The Labute approximate surface area is 181 Å². The number of amides is 1. The third kappa shape index (κ3) is 3.64. The minimum Gasteiger partial charge on any atom is -0.394 e. The molecule has 2 fully saturated rings. The molecule has 5 rings (SSSR count). The Morgan fingerprint density at radius 2 is 1.65 bits per heavy atom. The molecule has 3 aromatic rings. The van der Waals surface area contributed by atoms with E-state index in [1.165, 1.54) is 11.6 Å². The first-order chi connectivity index (χ1) is 15.2. The van der Waals surface area contributed by atoms with E-state index in [0.717, 1.165) is 24.2 Å². The van der Waals surface area contributed by atoms with Gasteiger partial charge in [-0.25, -0.2) is 4.39 Å². The molecule has 2 saturated heterocycles. The van der Waals surface area contributed by atoms with Crippen molar-refractivity contribution in [2.75, 3.05) is 19.7 Å². The molecule has 0 aromatic heterocycles. The fourth-order valence-electron chi connectivity index (χ4n) is 5.11. The number of aliphatic hydroxyl groups is 1. The number of piperazine rings is 1. The van der Waals surface area contributed by atoms with Crippen LogP contribution >= 0.6 is 0 Å². The highest BCUT2D eigenvalue weighted by Crippen LogP contribution is 2.43. The molecule has 2 aliphatic heterocycles. The highest BCUT2D eigenvalue weighted by molar-refractivity contribution is 5.81. The van der Waals surface area contributed by atoms with Crippen LogP contribution in [0.3, 0.4) is 0 Å². The van der Waals surface area contributed by atoms with Gasteiger partial charge in [0.25, 0.3) is 0 Å². The Kier molecular flexibility index (Phi) is 5.30. The maximum absolute atomic E-state index is 14.1. The van der Waals surface area contributed by atoms with Crippen molar-refractivity contribution < 1.29 is 14.3 Å². The average Bonchev–Trinajstić information content (AvgIpc) is 2.77. The van der Waals surface area contributed by atoms with Gasteiger partial charge in [-0.15, -0.1) is 0 Å². The minimum absolute atomic E-state index is 0.0430. The molecule has 2 heterocycles. The second kappa shape index (κ2) is 8.25. The van der Waals surface area contributed by atoms with Crippen molar-refractivity contribution in [2.24, 2.45) is 0 Å². The maximum atomic E-state index is 14.1. The summed E-state index contributed by atoms with van der Waals surface area (Å²) in [6.07, 6.45) is 0. The smallest absolute Gasteiger partial charge is 0.237 e. The van der Waals surface area contributed by atoms with E-state index in [1.54, 1.807) is 12.1 Å². The molecule has 4 nitrogen and oxygen atoms in total. The van der Waals surface area contributed by atoms with E-state index in [2.05, 4.69) is 17.0 Å². The topological polar surface area (TPSA) is 43.8 Å². The molecule has 0 saturated carbocycles. The lowest BCUT2D eigenvalue weighted by Crippen LogP contribution is -2.72. The summed E-state index contributed by atoms with van der Waals surface area (Å²) in [6.45, 7) is 1.83. The van der Waals surface area contributed by atoms with Gasteiger partial charge in [0.15, 0.2) is 0 Å². The second-order valence-electron chi connectivity index (χ2n) is 8.40. The monoisotopic (exact) mass is 416 g/mol. The second-order valence-corrected chi connectivity index (χ2v) is 8.40. The van der Waals surface area contributed by atoms with Crippen LogP contribution in [0, 0.1) is 5.82 Å². The van der Waals surface area contributed by atoms with Crippen LogP contribution in [-0.2, 0) is 11.3 Å². The standard InChI is InChI=1S/C26H25FN2O2/c27-22-9-5-4-8-21(22)19-10-12-20(13-11-19)26-23-15-28(14-18-6-2-1-3-7-18)16-25(31)29(23)24(26)17-30/h1-13,23-24,26,30H,14-17H2/t23-,24-,26+/m1/s1. The molecule has 0 aliphatic carbocycles. The molecule has 158 valence electrons. The normalized spacial score (nSPS) is 23.4. The quantitative estimate of drug-likeness (QED) is 0.690. The number of rotatable bonds is 5. The summed E-state index contributed by atoms with van der Waals surface area (Å²) in [6, 6.07) is 24.6. The largest absolute Gasteiger partial charge is 0.394 e. The number of nitrogens with zero attached hydrogens (tertiary/aromatic N) is 2. The summed E-state index contributed by atoms with van der Waals surface area (Å²) in [4.78, 5) is 16.9. The van der Waals surface area contributed by atoms with E-state index < -0.39 is 0 Å². The first kappa shape index (κ1) is 19.9. The van der Waals surface area contributed by atoms with Gasteiger partial charge in [-0.3, -0.25) is 9.69 Å². The van der Waals surface area contributed by atoms with E-state index in [1.807, 2.05) is 53.4 Å². The van der Waals surface area contributed by atoms with Gasteiger partial charge in [0, 0.05) is 24.6 Å². The molecule has 3 aromatic carbocycles. The van der Waals surface area contributed by atoms with Gasteiger partial charge < -0.3 is 10.0 Å². The Hall–Kier alpha value is -3.02. The number of carbonyl (C=O) groups is 1. The van der Waals surface area contributed by atoms with Gasteiger partial charge in [-0.1, -0.05) is 72.8 Å². The van der Waals surface area contributed by atoms with Gasteiger partial charge in [0.05, 0.1) is 25.2 Å². The van der Waals surface area contributed by atoms with Crippen LogP contribution in [0.5, 0.6) is 0 Å². The lowest BCUT2D eigenvalue weighted by atomic mass is 9.73. The van der Waals surface area contributed by atoms with Crippen molar-refractivity contribution >= 4 is 5.91 Å². The Bertz CT molecular complexity index is 1070. The first-order valence-corrected chi connectivity index (χ1v) is 10.7. The molecule has 2 aliphatic rings. The summed E-state index contributed by atoms with van der Waals surface area (Å²) in [5.41, 5.74) is 3.66. The van der Waals surface area contributed by atoms with Crippen molar-refractivity contribution in [3.8, 4) is 11.1 Å². The van der Waals surface area contributed by atoms with E-state index in [0.29, 0.717) is 12.1 Å². The third-order valence-corrected chi connectivity index (χ3v) is 6.55. The van der Waals surface area contributed by atoms with Crippen molar-refractivity contribution in [2.45, 2.75) is 24.5 Å². The van der Waals surface area contributed by atoms with Crippen LogP contribution in [0.2, 0.25) is 0 Å². The van der Waals surface area contributed by atoms with E-state index in [4.69, 9.17) is 0 Å². The highest BCUT2D eigenvalue weighted by Gasteiger charge is 2.53. The summed E-state index contributed by atoms with van der Waals surface area (Å²) in [7, 11) is 0. The fraction of sp³-hybridized carbons (Fsp3) is 0.269. The Morgan fingerprint density at radius 3 is 2.35 bits per heavy atom. The molecule has 5 heteroatoms.